The number of H-pyrrole nitrogens is 1. The van der Waals surface area contributed by atoms with Crippen molar-refractivity contribution < 1.29 is 26.9 Å². The van der Waals surface area contributed by atoms with Crippen LogP contribution in [0.2, 0.25) is 0 Å². The average molecular weight is 704 g/mol. The minimum absolute atomic E-state index is 0.0406. The Labute approximate surface area is 292 Å². The molecule has 0 radical (unpaired) electrons. The lowest BCUT2D eigenvalue weighted by atomic mass is 9.67. The molecule has 3 atom stereocenters. The molecule has 1 fully saturated rings. The fourth-order valence-corrected chi connectivity index (χ4v) is 7.54. The highest BCUT2D eigenvalue weighted by Crippen LogP contribution is 2.45. The lowest BCUT2D eigenvalue weighted by molar-refractivity contribution is 0.128. The Morgan fingerprint density at radius 3 is 2.46 bits per heavy atom. The molecule has 0 spiro atoms. The van der Waals surface area contributed by atoms with Crippen molar-refractivity contribution in [1.29, 1.82) is 15.8 Å². The first kappa shape index (κ1) is 37.5. The molecule has 1 aliphatic rings. The van der Waals surface area contributed by atoms with E-state index in [9.17, 15) is 29.0 Å². The number of anilines is 1. The summed E-state index contributed by atoms with van der Waals surface area (Å²) >= 11 is 0. The lowest BCUT2D eigenvalue weighted by Crippen LogP contribution is -2.42. The number of aromatic nitrogens is 3. The molecule has 264 valence electrons. The molecule has 2 heterocycles. The Morgan fingerprint density at radius 1 is 1.16 bits per heavy atom. The number of hydrogen-bond donors (Lipinski definition) is 2. The molecule has 15 nitrogen and oxygen atoms in total. The summed E-state index contributed by atoms with van der Waals surface area (Å²) in [6.45, 7) is 14.8. The summed E-state index contributed by atoms with van der Waals surface area (Å²) in [4.78, 5) is 23.8. The minimum Gasteiger partial charge on any atom is -0.496 e. The Bertz CT molecular complexity index is 1970. The highest BCUT2D eigenvalue weighted by molar-refractivity contribution is 7.88. The molecule has 0 bridgehead atoms. The molecule has 1 saturated carbocycles. The second-order valence-electron chi connectivity index (χ2n) is 12.7. The molecule has 2 N–H and O–H groups in total. The van der Waals surface area contributed by atoms with Crippen molar-refractivity contribution in [2.45, 2.75) is 71.8 Å². The summed E-state index contributed by atoms with van der Waals surface area (Å²) in [6, 6.07) is 9.95. The third-order valence-electron chi connectivity index (χ3n) is 9.33. The summed E-state index contributed by atoms with van der Waals surface area (Å²) in [5.41, 5.74) is 1.57. The van der Waals surface area contributed by atoms with Gasteiger partial charge in [0.25, 0.3) is 5.69 Å². The Morgan fingerprint density at radius 2 is 1.86 bits per heavy atom. The van der Waals surface area contributed by atoms with E-state index in [1.54, 1.807) is 6.07 Å². The molecule has 1 aliphatic carbocycles. The SMILES string of the molecule is [C-]#[N+]c1c(CC2C(C)CC(C)CC2C)c2nc(-c3cc(NS(=O)(=O)OC)ccc3OC)[nH]n2c1OC(=O)N(CCC#N)C(CC#N)CCC#N. The normalized spacial score (nSPS) is 19.4. The molecule has 4 rings (SSSR count). The zero-order valence-electron chi connectivity index (χ0n) is 28.8. The van der Waals surface area contributed by atoms with Crippen LogP contribution in [0.4, 0.5) is 16.2 Å². The number of rotatable bonds is 14. The van der Waals surface area contributed by atoms with Crippen LogP contribution in [0.25, 0.3) is 21.9 Å². The molecule has 3 unspecified atom stereocenters. The predicted octanol–water partition coefficient (Wildman–Crippen LogP) is 6.35. The van der Waals surface area contributed by atoms with E-state index in [4.69, 9.17) is 21.0 Å². The van der Waals surface area contributed by atoms with Crippen molar-refractivity contribution in [3.63, 3.8) is 0 Å². The average Bonchev–Trinajstić information content (AvgIpc) is 3.62. The third-order valence-corrected chi connectivity index (χ3v) is 10.3. The second-order valence-corrected chi connectivity index (χ2v) is 14.1. The molecular formula is C34H41N9O6S. The van der Waals surface area contributed by atoms with Crippen LogP contribution in [0.5, 0.6) is 11.6 Å². The largest absolute Gasteiger partial charge is 0.496 e. The zero-order chi connectivity index (χ0) is 36.6. The number of aromatic amines is 1. The molecule has 1 aromatic carbocycles. The molecule has 16 heteroatoms. The standard InChI is InChI=1S/C34H41N9O6S/c1-21-17-22(2)26(23(3)18-21)20-28-30(38-4)33(49-34(44)42(16-8-14-36)25(12-15-37)9-7-13-35)43-32(28)39-31(40-43)27-19-24(10-11-29(27)47-5)41-50(45,46)48-6/h10-11,19,21-23,25-26,41H,7-9,12,16-18,20H2,1-3,5-6H3,(H,39,40). The summed E-state index contributed by atoms with van der Waals surface area (Å²) in [5.74, 6) is 1.96. The van der Waals surface area contributed by atoms with Gasteiger partial charge in [0.05, 0.1) is 63.1 Å². The molecule has 3 aromatic rings. The van der Waals surface area contributed by atoms with E-state index in [2.05, 4.69) is 39.6 Å². The number of benzene rings is 1. The number of ether oxygens (including phenoxy) is 2. The van der Waals surface area contributed by atoms with E-state index < -0.39 is 22.4 Å². The van der Waals surface area contributed by atoms with Gasteiger partial charge in [-0.1, -0.05) is 20.8 Å². The van der Waals surface area contributed by atoms with E-state index in [-0.39, 0.29) is 61.2 Å². The number of nitrogens with one attached hydrogen (secondary N) is 2. The second kappa shape index (κ2) is 16.4. The van der Waals surface area contributed by atoms with Gasteiger partial charge < -0.3 is 14.4 Å². The topological polar surface area (TPSA) is 203 Å². The van der Waals surface area contributed by atoms with Gasteiger partial charge >= 0.3 is 16.4 Å². The van der Waals surface area contributed by atoms with Crippen LogP contribution in [-0.4, -0.2) is 60.8 Å². The number of methoxy groups -OCH3 is 1. The Balaban J connectivity index is 1.89. The molecule has 50 heavy (non-hydrogen) atoms. The van der Waals surface area contributed by atoms with Crippen LogP contribution in [0.1, 0.15) is 64.9 Å². The van der Waals surface area contributed by atoms with Gasteiger partial charge in [0.2, 0.25) is 5.88 Å². The van der Waals surface area contributed by atoms with E-state index in [0.29, 0.717) is 46.7 Å². The summed E-state index contributed by atoms with van der Waals surface area (Å²) in [7, 11) is -1.60. The first-order valence-electron chi connectivity index (χ1n) is 16.3. The van der Waals surface area contributed by atoms with E-state index in [0.717, 1.165) is 20.0 Å². The quantitative estimate of drug-likeness (QED) is 0.178. The molecular weight excluding hydrogens is 662 g/mol. The van der Waals surface area contributed by atoms with Gasteiger partial charge in [0.15, 0.2) is 5.82 Å². The minimum atomic E-state index is -4.08. The maximum atomic E-state index is 13.9. The van der Waals surface area contributed by atoms with Crippen molar-refractivity contribution in [1.82, 2.24) is 19.5 Å². The fraction of sp³-hybridized carbons (Fsp3) is 0.529. The van der Waals surface area contributed by atoms with Crippen LogP contribution >= 0.6 is 0 Å². The fourth-order valence-electron chi connectivity index (χ4n) is 7.04. The van der Waals surface area contributed by atoms with Gasteiger partial charge in [0.1, 0.15) is 11.4 Å². The number of carbonyl (C=O) groups is 1. The lowest BCUT2D eigenvalue weighted by Gasteiger charge is -2.38. The monoisotopic (exact) mass is 703 g/mol. The maximum absolute atomic E-state index is 13.9. The van der Waals surface area contributed by atoms with Gasteiger partial charge in [0, 0.05) is 24.6 Å². The molecule has 0 aliphatic heterocycles. The maximum Gasteiger partial charge on any atom is 0.415 e. The number of fused-ring (bicyclic) bond motifs is 1. The number of carbonyl (C=O) groups excluding carboxylic acids is 1. The number of nitriles is 3. The van der Waals surface area contributed by atoms with Crippen LogP contribution in [-0.2, 0) is 20.9 Å². The van der Waals surface area contributed by atoms with E-state index in [1.807, 2.05) is 18.2 Å². The number of hydrogen-bond acceptors (Lipinski definition) is 10. The molecule has 1 amide bonds. The van der Waals surface area contributed by atoms with Crippen LogP contribution in [0.15, 0.2) is 18.2 Å². The van der Waals surface area contributed by atoms with Crippen molar-refractivity contribution in [3.8, 4) is 41.2 Å². The van der Waals surface area contributed by atoms with Crippen molar-refractivity contribution in [3.05, 3.63) is 35.2 Å². The summed E-state index contributed by atoms with van der Waals surface area (Å²) in [6.07, 6.45) is 1.82. The zero-order valence-corrected chi connectivity index (χ0v) is 29.6. The third kappa shape index (κ3) is 8.28. The van der Waals surface area contributed by atoms with Crippen LogP contribution < -0.4 is 14.2 Å². The predicted molar refractivity (Wildman–Crippen MR) is 183 cm³/mol. The number of nitrogens with zero attached hydrogens (tertiary/aromatic N) is 7. The van der Waals surface area contributed by atoms with Crippen molar-refractivity contribution in [2.24, 2.45) is 23.7 Å². The summed E-state index contributed by atoms with van der Waals surface area (Å²) in [5, 5.41) is 31.1. The van der Waals surface area contributed by atoms with Gasteiger partial charge in [-0.15, -0.1) is 0 Å². The van der Waals surface area contributed by atoms with Gasteiger partial charge in [-0.2, -0.15) is 24.2 Å². The Hall–Kier alpha value is -5.29. The highest BCUT2D eigenvalue weighted by Gasteiger charge is 2.36. The molecule has 0 saturated heterocycles. The summed E-state index contributed by atoms with van der Waals surface area (Å²) < 4.78 is 44.1. The van der Waals surface area contributed by atoms with Crippen LogP contribution in [0.3, 0.4) is 0 Å². The van der Waals surface area contributed by atoms with E-state index >= 15 is 0 Å². The smallest absolute Gasteiger partial charge is 0.415 e. The van der Waals surface area contributed by atoms with E-state index in [1.165, 1.54) is 28.7 Å². The van der Waals surface area contributed by atoms with Crippen LogP contribution in [0, 0.1) is 64.2 Å². The van der Waals surface area contributed by atoms with Gasteiger partial charge in [-0.25, -0.2) is 19.1 Å². The highest BCUT2D eigenvalue weighted by atomic mass is 32.2. The van der Waals surface area contributed by atoms with Crippen molar-refractivity contribution in [2.75, 3.05) is 25.5 Å². The Kier molecular flexibility index (Phi) is 12.3. The van der Waals surface area contributed by atoms with Gasteiger partial charge in [-0.3, -0.25) is 14.0 Å². The van der Waals surface area contributed by atoms with Gasteiger partial charge in [-0.05, 0) is 67.6 Å². The van der Waals surface area contributed by atoms with Crippen molar-refractivity contribution >= 4 is 33.4 Å². The number of amides is 1. The first-order chi connectivity index (χ1) is 23.9. The molecule has 2 aromatic heterocycles. The first-order valence-corrected chi connectivity index (χ1v) is 17.7.